The summed E-state index contributed by atoms with van der Waals surface area (Å²) in [6, 6.07) is 3.70. The summed E-state index contributed by atoms with van der Waals surface area (Å²) < 4.78 is 5.88. The van der Waals surface area contributed by atoms with E-state index in [0.29, 0.717) is 5.88 Å². The maximum absolute atomic E-state index is 9.14. The Hall–Kier alpha value is -1.13. The molecule has 0 amide bonds. The van der Waals surface area contributed by atoms with Gasteiger partial charge in [-0.1, -0.05) is 0 Å². The van der Waals surface area contributed by atoms with E-state index in [-0.39, 0.29) is 12.7 Å². The SMILES string of the molecule is Cc1cc(CO)cc(OC2CCN(C)CC2)n1. The summed E-state index contributed by atoms with van der Waals surface area (Å²) in [5, 5.41) is 9.14. The number of aliphatic hydroxyl groups excluding tert-OH is 1. The molecule has 1 N–H and O–H groups in total. The Labute approximate surface area is 102 Å². The second kappa shape index (κ2) is 5.47. The van der Waals surface area contributed by atoms with E-state index in [0.717, 1.165) is 37.2 Å². The molecule has 2 rings (SSSR count). The van der Waals surface area contributed by atoms with Crippen molar-refractivity contribution in [1.82, 2.24) is 9.88 Å². The zero-order valence-electron chi connectivity index (χ0n) is 10.5. The van der Waals surface area contributed by atoms with Gasteiger partial charge in [0.25, 0.3) is 0 Å². The molecule has 1 aromatic heterocycles. The quantitative estimate of drug-likeness (QED) is 0.860. The van der Waals surface area contributed by atoms with E-state index < -0.39 is 0 Å². The van der Waals surface area contributed by atoms with Gasteiger partial charge in [-0.2, -0.15) is 0 Å². The minimum atomic E-state index is 0.0348. The number of hydrogen-bond donors (Lipinski definition) is 1. The standard InChI is InChI=1S/C13H20N2O2/c1-10-7-11(9-16)8-13(14-10)17-12-3-5-15(2)6-4-12/h7-8,12,16H,3-6,9H2,1-2H3. The fraction of sp³-hybridized carbons (Fsp3) is 0.615. The predicted molar refractivity (Wildman–Crippen MR) is 66.0 cm³/mol. The van der Waals surface area contributed by atoms with Crippen molar-refractivity contribution >= 4 is 0 Å². The number of ether oxygens (including phenoxy) is 1. The van der Waals surface area contributed by atoms with Crippen molar-refractivity contribution in [2.45, 2.75) is 32.5 Å². The summed E-state index contributed by atoms with van der Waals surface area (Å²) in [6.45, 7) is 4.10. The Morgan fingerprint density at radius 3 is 2.76 bits per heavy atom. The van der Waals surface area contributed by atoms with E-state index in [9.17, 15) is 0 Å². The Kier molecular flexibility index (Phi) is 3.97. The van der Waals surface area contributed by atoms with Crippen molar-refractivity contribution < 1.29 is 9.84 Å². The Balaban J connectivity index is 2.00. The first-order chi connectivity index (χ1) is 8.17. The molecule has 4 nitrogen and oxygen atoms in total. The number of nitrogens with zero attached hydrogens (tertiary/aromatic N) is 2. The Morgan fingerprint density at radius 2 is 2.12 bits per heavy atom. The first kappa shape index (κ1) is 12.3. The molecule has 0 radical (unpaired) electrons. The maximum atomic E-state index is 9.14. The number of aliphatic hydroxyl groups is 1. The lowest BCUT2D eigenvalue weighted by Gasteiger charge is -2.29. The zero-order valence-corrected chi connectivity index (χ0v) is 10.5. The van der Waals surface area contributed by atoms with Crippen molar-refractivity contribution in [1.29, 1.82) is 0 Å². The lowest BCUT2D eigenvalue weighted by molar-refractivity contribution is 0.109. The van der Waals surface area contributed by atoms with Crippen LogP contribution in [0.4, 0.5) is 0 Å². The van der Waals surface area contributed by atoms with Gasteiger partial charge in [0.05, 0.1) is 6.61 Å². The number of piperidine rings is 1. The second-order valence-corrected chi connectivity index (χ2v) is 4.73. The molecule has 1 aliphatic rings. The minimum Gasteiger partial charge on any atom is -0.474 e. The van der Waals surface area contributed by atoms with Gasteiger partial charge in [0.15, 0.2) is 0 Å². The van der Waals surface area contributed by atoms with E-state index in [4.69, 9.17) is 9.84 Å². The van der Waals surface area contributed by atoms with Gasteiger partial charge in [-0.05, 0) is 38.4 Å². The largest absolute Gasteiger partial charge is 0.474 e. The molecule has 94 valence electrons. The molecule has 0 atom stereocenters. The molecule has 0 aromatic carbocycles. The average Bonchev–Trinajstić information content (AvgIpc) is 2.31. The third-order valence-corrected chi connectivity index (χ3v) is 3.13. The number of pyridine rings is 1. The summed E-state index contributed by atoms with van der Waals surface area (Å²) in [6.07, 6.45) is 2.34. The number of hydrogen-bond acceptors (Lipinski definition) is 4. The monoisotopic (exact) mass is 236 g/mol. The molecule has 0 unspecified atom stereocenters. The van der Waals surface area contributed by atoms with Crippen molar-refractivity contribution in [3.63, 3.8) is 0 Å². The van der Waals surface area contributed by atoms with Crippen LogP contribution < -0.4 is 4.74 Å². The molecule has 4 heteroatoms. The molecule has 0 bridgehead atoms. The van der Waals surface area contributed by atoms with E-state index in [1.807, 2.05) is 19.1 Å². The predicted octanol–water partition coefficient (Wildman–Crippen LogP) is 1.36. The summed E-state index contributed by atoms with van der Waals surface area (Å²) in [5.41, 5.74) is 1.75. The summed E-state index contributed by atoms with van der Waals surface area (Å²) in [7, 11) is 2.13. The fourth-order valence-electron chi connectivity index (χ4n) is 2.13. The lowest BCUT2D eigenvalue weighted by Crippen LogP contribution is -2.35. The fourth-order valence-corrected chi connectivity index (χ4v) is 2.13. The Morgan fingerprint density at radius 1 is 1.41 bits per heavy atom. The normalized spacial score (nSPS) is 18.3. The first-order valence-electron chi connectivity index (χ1n) is 6.11. The zero-order chi connectivity index (χ0) is 12.3. The lowest BCUT2D eigenvalue weighted by atomic mass is 10.1. The van der Waals surface area contributed by atoms with E-state index in [2.05, 4.69) is 16.9 Å². The molecule has 2 heterocycles. The van der Waals surface area contributed by atoms with Gasteiger partial charge in [0, 0.05) is 24.8 Å². The third-order valence-electron chi connectivity index (χ3n) is 3.13. The highest BCUT2D eigenvalue weighted by atomic mass is 16.5. The van der Waals surface area contributed by atoms with Gasteiger partial charge in [-0.3, -0.25) is 0 Å². The first-order valence-corrected chi connectivity index (χ1v) is 6.11. The number of aromatic nitrogens is 1. The molecule has 0 spiro atoms. The number of aryl methyl sites for hydroxylation is 1. The maximum Gasteiger partial charge on any atom is 0.214 e. The highest BCUT2D eigenvalue weighted by molar-refractivity contribution is 5.24. The molecule has 1 fully saturated rings. The highest BCUT2D eigenvalue weighted by Gasteiger charge is 2.18. The summed E-state index contributed by atoms with van der Waals surface area (Å²) in [4.78, 5) is 6.66. The van der Waals surface area contributed by atoms with Crippen LogP contribution in [0.3, 0.4) is 0 Å². The van der Waals surface area contributed by atoms with Crippen LogP contribution >= 0.6 is 0 Å². The van der Waals surface area contributed by atoms with Crippen molar-refractivity contribution in [3.8, 4) is 5.88 Å². The van der Waals surface area contributed by atoms with Crippen LogP contribution in [0.25, 0.3) is 0 Å². The van der Waals surface area contributed by atoms with Gasteiger partial charge in [-0.15, -0.1) is 0 Å². The van der Waals surface area contributed by atoms with Gasteiger partial charge < -0.3 is 14.7 Å². The molecule has 1 saturated heterocycles. The van der Waals surface area contributed by atoms with Crippen LogP contribution in [0, 0.1) is 6.92 Å². The minimum absolute atomic E-state index is 0.0348. The van der Waals surface area contributed by atoms with E-state index >= 15 is 0 Å². The molecular formula is C13H20N2O2. The molecule has 17 heavy (non-hydrogen) atoms. The van der Waals surface area contributed by atoms with Crippen molar-refractivity contribution in [2.75, 3.05) is 20.1 Å². The van der Waals surface area contributed by atoms with E-state index in [1.54, 1.807) is 0 Å². The van der Waals surface area contributed by atoms with Gasteiger partial charge in [0.2, 0.25) is 5.88 Å². The summed E-state index contributed by atoms with van der Waals surface area (Å²) >= 11 is 0. The van der Waals surface area contributed by atoms with Crippen LogP contribution in [0.1, 0.15) is 24.1 Å². The van der Waals surface area contributed by atoms with Gasteiger partial charge in [-0.25, -0.2) is 4.98 Å². The molecule has 1 aromatic rings. The van der Waals surface area contributed by atoms with Crippen LogP contribution in [-0.4, -0.2) is 41.2 Å². The Bertz CT molecular complexity index is 374. The number of likely N-dealkylation sites (tertiary alicyclic amines) is 1. The van der Waals surface area contributed by atoms with Crippen molar-refractivity contribution in [2.24, 2.45) is 0 Å². The van der Waals surface area contributed by atoms with Gasteiger partial charge >= 0.3 is 0 Å². The molecule has 0 saturated carbocycles. The van der Waals surface area contributed by atoms with Crippen molar-refractivity contribution in [3.05, 3.63) is 23.4 Å². The highest BCUT2D eigenvalue weighted by Crippen LogP contribution is 2.18. The topological polar surface area (TPSA) is 45.6 Å². The van der Waals surface area contributed by atoms with Crippen LogP contribution in [-0.2, 0) is 6.61 Å². The molecular weight excluding hydrogens is 216 g/mol. The van der Waals surface area contributed by atoms with Crippen LogP contribution in [0.15, 0.2) is 12.1 Å². The second-order valence-electron chi connectivity index (χ2n) is 4.73. The van der Waals surface area contributed by atoms with Crippen LogP contribution in [0.5, 0.6) is 5.88 Å². The molecule has 0 aliphatic carbocycles. The summed E-state index contributed by atoms with van der Waals surface area (Å²) in [5.74, 6) is 0.642. The van der Waals surface area contributed by atoms with E-state index in [1.165, 1.54) is 0 Å². The molecule has 1 aliphatic heterocycles. The number of rotatable bonds is 3. The smallest absolute Gasteiger partial charge is 0.214 e. The van der Waals surface area contributed by atoms with Gasteiger partial charge in [0.1, 0.15) is 6.10 Å². The third kappa shape index (κ3) is 3.41. The van der Waals surface area contributed by atoms with Crippen LogP contribution in [0.2, 0.25) is 0 Å². The average molecular weight is 236 g/mol.